The Morgan fingerprint density at radius 2 is 1.74 bits per heavy atom. The van der Waals surface area contributed by atoms with E-state index >= 15 is 0 Å². The lowest BCUT2D eigenvalue weighted by Crippen LogP contribution is -2.22. The molecule has 0 spiro atoms. The fraction of sp³-hybridized carbons (Fsp3) is 0.250. The van der Waals surface area contributed by atoms with Gasteiger partial charge in [-0.3, -0.25) is 0 Å². The maximum atomic E-state index is 6.29. The van der Waals surface area contributed by atoms with Crippen molar-refractivity contribution in [3.8, 4) is 11.1 Å². The summed E-state index contributed by atoms with van der Waals surface area (Å²) < 4.78 is 0. The van der Waals surface area contributed by atoms with Crippen LogP contribution in [0.3, 0.4) is 0 Å². The quantitative estimate of drug-likeness (QED) is 0.821. The van der Waals surface area contributed by atoms with E-state index in [-0.39, 0.29) is 0 Å². The minimum atomic E-state index is 0.447. The van der Waals surface area contributed by atoms with E-state index in [1.54, 1.807) is 0 Å². The smallest absolute Gasteiger partial charge is 0.0485 e. The van der Waals surface area contributed by atoms with Crippen molar-refractivity contribution in [3.05, 3.63) is 58.1 Å². The van der Waals surface area contributed by atoms with Gasteiger partial charge in [0.05, 0.1) is 0 Å². The second-order valence-corrected chi connectivity index (χ2v) is 5.66. The van der Waals surface area contributed by atoms with Crippen LogP contribution in [0.15, 0.2) is 42.5 Å². The molecule has 100 valence electrons. The standard InChI is InChI=1S/C16H17Cl2N/c1-11(2)19-10-12-5-3-4-6-14(12)15-9-13(17)7-8-16(15)18/h3-9,11,19H,10H2,1-2H3. The fourth-order valence-electron chi connectivity index (χ4n) is 1.96. The molecule has 2 rings (SSSR count). The van der Waals surface area contributed by atoms with E-state index in [0.717, 1.165) is 22.7 Å². The van der Waals surface area contributed by atoms with Crippen molar-refractivity contribution >= 4 is 23.2 Å². The van der Waals surface area contributed by atoms with Gasteiger partial charge < -0.3 is 5.32 Å². The number of nitrogens with one attached hydrogen (secondary N) is 1. The van der Waals surface area contributed by atoms with Gasteiger partial charge in [-0.2, -0.15) is 0 Å². The lowest BCUT2D eigenvalue weighted by molar-refractivity contribution is 0.589. The average Bonchev–Trinajstić information content (AvgIpc) is 2.39. The molecule has 19 heavy (non-hydrogen) atoms. The van der Waals surface area contributed by atoms with E-state index in [4.69, 9.17) is 23.2 Å². The largest absolute Gasteiger partial charge is 0.310 e. The van der Waals surface area contributed by atoms with Crippen LogP contribution in [0.5, 0.6) is 0 Å². The first kappa shape index (κ1) is 14.4. The van der Waals surface area contributed by atoms with E-state index in [2.05, 4.69) is 31.3 Å². The zero-order valence-corrected chi connectivity index (χ0v) is 12.6. The molecule has 0 saturated carbocycles. The van der Waals surface area contributed by atoms with E-state index in [0.29, 0.717) is 11.1 Å². The maximum absolute atomic E-state index is 6.29. The van der Waals surface area contributed by atoms with Gasteiger partial charge in [-0.1, -0.05) is 61.3 Å². The molecule has 0 saturated heterocycles. The number of hydrogen-bond donors (Lipinski definition) is 1. The molecule has 2 aromatic carbocycles. The molecule has 2 aromatic rings. The van der Waals surface area contributed by atoms with Crippen molar-refractivity contribution in [1.82, 2.24) is 5.32 Å². The number of benzene rings is 2. The van der Waals surface area contributed by atoms with Crippen LogP contribution in [-0.4, -0.2) is 6.04 Å². The number of rotatable bonds is 4. The summed E-state index contributed by atoms with van der Waals surface area (Å²) in [5, 5.41) is 4.85. The van der Waals surface area contributed by atoms with Crippen LogP contribution in [-0.2, 0) is 6.54 Å². The molecule has 0 heterocycles. The van der Waals surface area contributed by atoms with Crippen molar-refractivity contribution in [1.29, 1.82) is 0 Å². The lowest BCUT2D eigenvalue weighted by Gasteiger charge is -2.14. The van der Waals surface area contributed by atoms with Crippen LogP contribution in [0.25, 0.3) is 11.1 Å². The molecule has 0 amide bonds. The maximum Gasteiger partial charge on any atom is 0.0485 e. The molecule has 0 aromatic heterocycles. The molecule has 3 heteroatoms. The van der Waals surface area contributed by atoms with Gasteiger partial charge in [0, 0.05) is 28.2 Å². The van der Waals surface area contributed by atoms with E-state index in [1.807, 2.05) is 30.3 Å². The third-order valence-corrected chi connectivity index (χ3v) is 3.50. The summed E-state index contributed by atoms with van der Waals surface area (Å²) in [5.74, 6) is 0. The first-order valence-electron chi connectivity index (χ1n) is 6.34. The van der Waals surface area contributed by atoms with Crippen LogP contribution >= 0.6 is 23.2 Å². The normalized spacial score (nSPS) is 11.0. The fourth-order valence-corrected chi connectivity index (χ4v) is 2.35. The second kappa shape index (κ2) is 6.42. The van der Waals surface area contributed by atoms with E-state index < -0.39 is 0 Å². The minimum Gasteiger partial charge on any atom is -0.310 e. The summed E-state index contributed by atoms with van der Waals surface area (Å²) in [6, 6.07) is 14.3. The molecule has 0 fully saturated rings. The highest BCUT2D eigenvalue weighted by atomic mass is 35.5. The second-order valence-electron chi connectivity index (χ2n) is 4.82. The Balaban J connectivity index is 2.41. The molecule has 1 N–H and O–H groups in total. The van der Waals surface area contributed by atoms with Crippen molar-refractivity contribution in [2.45, 2.75) is 26.4 Å². The van der Waals surface area contributed by atoms with Gasteiger partial charge in [0.2, 0.25) is 0 Å². The molecule has 0 aliphatic heterocycles. The Bertz CT molecular complexity index is 564. The minimum absolute atomic E-state index is 0.447. The van der Waals surface area contributed by atoms with Gasteiger partial charge in [-0.05, 0) is 29.3 Å². The summed E-state index contributed by atoms with van der Waals surface area (Å²) in [6.45, 7) is 5.08. The summed E-state index contributed by atoms with van der Waals surface area (Å²) >= 11 is 12.4. The van der Waals surface area contributed by atoms with Gasteiger partial charge >= 0.3 is 0 Å². The predicted molar refractivity (Wildman–Crippen MR) is 83.9 cm³/mol. The van der Waals surface area contributed by atoms with Crippen LogP contribution < -0.4 is 5.32 Å². The van der Waals surface area contributed by atoms with Crippen LogP contribution in [0.2, 0.25) is 10.0 Å². The Labute approximate surface area is 124 Å². The Kier molecular flexibility index (Phi) is 4.87. The molecule has 0 radical (unpaired) electrons. The third kappa shape index (κ3) is 3.73. The summed E-state index contributed by atoms with van der Waals surface area (Å²) in [4.78, 5) is 0. The zero-order chi connectivity index (χ0) is 13.8. The number of halogens is 2. The zero-order valence-electron chi connectivity index (χ0n) is 11.1. The molecular weight excluding hydrogens is 277 g/mol. The molecule has 0 aliphatic rings. The van der Waals surface area contributed by atoms with E-state index in [1.165, 1.54) is 5.56 Å². The summed E-state index contributed by atoms with van der Waals surface area (Å²) in [5.41, 5.74) is 3.33. The van der Waals surface area contributed by atoms with Gasteiger partial charge in [0.1, 0.15) is 0 Å². The lowest BCUT2D eigenvalue weighted by atomic mass is 9.99. The van der Waals surface area contributed by atoms with Gasteiger partial charge in [0.15, 0.2) is 0 Å². The molecular formula is C16H17Cl2N. The van der Waals surface area contributed by atoms with Crippen molar-refractivity contribution < 1.29 is 0 Å². The first-order valence-corrected chi connectivity index (χ1v) is 7.10. The molecule has 0 unspecified atom stereocenters. The van der Waals surface area contributed by atoms with E-state index in [9.17, 15) is 0 Å². The Hall–Kier alpha value is -1.02. The summed E-state index contributed by atoms with van der Waals surface area (Å²) in [7, 11) is 0. The first-order chi connectivity index (χ1) is 9.08. The SMILES string of the molecule is CC(C)NCc1ccccc1-c1cc(Cl)ccc1Cl. The van der Waals surface area contributed by atoms with Crippen molar-refractivity contribution in [3.63, 3.8) is 0 Å². The number of hydrogen-bond acceptors (Lipinski definition) is 1. The Morgan fingerprint density at radius 3 is 2.47 bits per heavy atom. The third-order valence-electron chi connectivity index (χ3n) is 2.94. The van der Waals surface area contributed by atoms with Gasteiger partial charge in [-0.15, -0.1) is 0 Å². The molecule has 0 atom stereocenters. The van der Waals surface area contributed by atoms with Crippen molar-refractivity contribution in [2.24, 2.45) is 0 Å². The molecule has 0 aliphatic carbocycles. The average molecular weight is 294 g/mol. The molecule has 0 bridgehead atoms. The van der Waals surface area contributed by atoms with Gasteiger partial charge in [0.25, 0.3) is 0 Å². The highest BCUT2D eigenvalue weighted by Gasteiger charge is 2.09. The summed E-state index contributed by atoms with van der Waals surface area (Å²) in [6.07, 6.45) is 0. The highest BCUT2D eigenvalue weighted by molar-refractivity contribution is 6.35. The van der Waals surface area contributed by atoms with Crippen molar-refractivity contribution in [2.75, 3.05) is 0 Å². The Morgan fingerprint density at radius 1 is 1.00 bits per heavy atom. The topological polar surface area (TPSA) is 12.0 Å². The monoisotopic (exact) mass is 293 g/mol. The van der Waals surface area contributed by atoms with Gasteiger partial charge in [-0.25, -0.2) is 0 Å². The highest BCUT2D eigenvalue weighted by Crippen LogP contribution is 2.32. The van der Waals surface area contributed by atoms with Crippen LogP contribution in [0.4, 0.5) is 0 Å². The van der Waals surface area contributed by atoms with Crippen LogP contribution in [0.1, 0.15) is 19.4 Å². The molecule has 1 nitrogen and oxygen atoms in total. The van der Waals surface area contributed by atoms with Crippen LogP contribution in [0, 0.1) is 0 Å². The predicted octanol–water partition coefficient (Wildman–Crippen LogP) is 5.16.